The lowest BCUT2D eigenvalue weighted by Crippen LogP contribution is -2.34. The number of hydrogen-bond acceptors (Lipinski definition) is 1. The highest BCUT2D eigenvalue weighted by Crippen LogP contribution is 2.47. The van der Waals surface area contributed by atoms with Gasteiger partial charge >= 0.3 is 6.18 Å². The quantitative estimate of drug-likeness (QED) is 0.704. The summed E-state index contributed by atoms with van der Waals surface area (Å²) >= 11 is 0. The zero-order valence-electron chi connectivity index (χ0n) is 9.58. The predicted molar refractivity (Wildman–Crippen MR) is 61.2 cm³/mol. The van der Waals surface area contributed by atoms with E-state index in [-0.39, 0.29) is 17.8 Å². The molecular weight excluding hydrogens is 243 g/mol. The van der Waals surface area contributed by atoms with Crippen molar-refractivity contribution in [1.82, 2.24) is 0 Å². The molecule has 1 amide bonds. The van der Waals surface area contributed by atoms with Gasteiger partial charge in [-0.1, -0.05) is 18.1 Å². The van der Waals surface area contributed by atoms with Crippen LogP contribution in [0.1, 0.15) is 17.0 Å². The summed E-state index contributed by atoms with van der Waals surface area (Å²) < 4.78 is 39.0. The van der Waals surface area contributed by atoms with Crippen LogP contribution in [0, 0.1) is 19.3 Å². The fraction of sp³-hybridized carbons (Fsp3) is 0.308. The van der Waals surface area contributed by atoms with Crippen molar-refractivity contribution in [2.24, 2.45) is 0 Å². The molecule has 0 bridgehead atoms. The number of anilines is 1. The van der Waals surface area contributed by atoms with Gasteiger partial charge in [0, 0.05) is 11.3 Å². The van der Waals surface area contributed by atoms with E-state index in [0.29, 0.717) is 5.56 Å². The van der Waals surface area contributed by atoms with Crippen LogP contribution in [0.4, 0.5) is 18.9 Å². The van der Waals surface area contributed by atoms with Gasteiger partial charge in [0.25, 0.3) is 0 Å². The van der Waals surface area contributed by atoms with Crippen LogP contribution < -0.4 is 4.90 Å². The predicted octanol–water partition coefficient (Wildman–Crippen LogP) is 2.62. The third kappa shape index (κ3) is 1.74. The van der Waals surface area contributed by atoms with E-state index in [1.54, 1.807) is 19.1 Å². The minimum Gasteiger partial charge on any atom is -0.300 e. The number of nitrogens with zero attached hydrogens (tertiary/aromatic N) is 1. The number of fused-ring (bicyclic) bond motifs is 1. The highest BCUT2D eigenvalue weighted by Gasteiger charge is 2.53. The molecule has 1 atom stereocenters. The molecule has 0 fully saturated rings. The van der Waals surface area contributed by atoms with Gasteiger partial charge < -0.3 is 0 Å². The molecule has 0 spiro atoms. The summed E-state index contributed by atoms with van der Waals surface area (Å²) in [6, 6.07) is 4.66. The van der Waals surface area contributed by atoms with Crippen molar-refractivity contribution >= 4 is 11.6 Å². The Morgan fingerprint density at radius 2 is 2.11 bits per heavy atom. The average molecular weight is 253 g/mol. The first-order chi connectivity index (χ1) is 8.38. The monoisotopic (exact) mass is 253 g/mol. The molecule has 1 aliphatic rings. The van der Waals surface area contributed by atoms with Gasteiger partial charge in [-0.05, 0) is 18.6 Å². The summed E-state index contributed by atoms with van der Waals surface area (Å²) in [6.45, 7) is 1.41. The Morgan fingerprint density at radius 1 is 1.44 bits per heavy atom. The van der Waals surface area contributed by atoms with Crippen molar-refractivity contribution < 1.29 is 18.0 Å². The summed E-state index contributed by atoms with van der Waals surface area (Å²) in [4.78, 5) is 12.9. The molecule has 1 aromatic carbocycles. The molecule has 94 valence electrons. The first-order valence-electron chi connectivity index (χ1n) is 5.29. The van der Waals surface area contributed by atoms with Gasteiger partial charge in [-0.2, -0.15) is 13.2 Å². The topological polar surface area (TPSA) is 20.3 Å². The van der Waals surface area contributed by atoms with E-state index in [1.165, 1.54) is 6.07 Å². The lowest BCUT2D eigenvalue weighted by molar-refractivity contribution is -0.161. The molecule has 0 aromatic heterocycles. The van der Waals surface area contributed by atoms with Crippen LogP contribution in [-0.4, -0.2) is 18.6 Å². The molecule has 1 aliphatic heterocycles. The normalized spacial score (nSPS) is 18.7. The Labute approximate surface area is 102 Å². The molecule has 5 heteroatoms. The van der Waals surface area contributed by atoms with Crippen molar-refractivity contribution in [3.05, 3.63) is 29.3 Å². The van der Waals surface area contributed by atoms with Gasteiger partial charge in [-0.25, -0.2) is 0 Å². The number of rotatable bonds is 1. The largest absolute Gasteiger partial charge is 0.404 e. The van der Waals surface area contributed by atoms with Crippen molar-refractivity contribution in [1.29, 1.82) is 0 Å². The number of hydrogen-bond donors (Lipinski definition) is 0. The minimum absolute atomic E-state index is 0.0188. The number of carbonyl (C=O) groups excluding carboxylic acids is 1. The first-order valence-corrected chi connectivity index (χ1v) is 5.29. The molecule has 0 saturated carbocycles. The molecule has 2 rings (SSSR count). The average Bonchev–Trinajstić information content (AvgIpc) is 2.54. The van der Waals surface area contributed by atoms with E-state index in [9.17, 15) is 18.0 Å². The summed E-state index contributed by atoms with van der Waals surface area (Å²) in [7, 11) is 0. The summed E-state index contributed by atoms with van der Waals surface area (Å²) in [5, 5.41) is 0. The molecular formula is C13H10F3NO. The van der Waals surface area contributed by atoms with Gasteiger partial charge in [0.1, 0.15) is 0 Å². The molecule has 0 N–H and O–H groups in total. The molecule has 2 nitrogen and oxygen atoms in total. The maximum Gasteiger partial charge on any atom is 0.404 e. The van der Waals surface area contributed by atoms with E-state index in [2.05, 4.69) is 5.92 Å². The third-order valence-corrected chi connectivity index (χ3v) is 2.97. The summed E-state index contributed by atoms with van der Waals surface area (Å²) in [5.74, 6) is -0.881. The van der Waals surface area contributed by atoms with Gasteiger partial charge in [0.05, 0.1) is 6.54 Å². The van der Waals surface area contributed by atoms with E-state index < -0.39 is 18.0 Å². The lowest BCUT2D eigenvalue weighted by atomic mass is 9.96. The Balaban J connectivity index is 2.63. The lowest BCUT2D eigenvalue weighted by Gasteiger charge is -2.16. The number of alkyl halides is 3. The fourth-order valence-electron chi connectivity index (χ4n) is 2.23. The smallest absolute Gasteiger partial charge is 0.300 e. The highest BCUT2D eigenvalue weighted by molar-refractivity contribution is 6.06. The van der Waals surface area contributed by atoms with Crippen LogP contribution in [0.3, 0.4) is 0 Å². The SMILES string of the molecule is C#CCN1C(=O)C(C(F)(F)F)c2c(C)cccc21. The van der Waals surface area contributed by atoms with Crippen LogP contribution in [-0.2, 0) is 4.79 Å². The Bertz CT molecular complexity index is 542. The zero-order valence-corrected chi connectivity index (χ0v) is 9.58. The number of halogens is 3. The highest BCUT2D eigenvalue weighted by atomic mass is 19.4. The number of benzene rings is 1. The summed E-state index contributed by atoms with van der Waals surface area (Å²) in [5.41, 5.74) is 0.730. The maximum absolute atomic E-state index is 13.0. The second kappa shape index (κ2) is 4.05. The number of terminal acetylenes is 1. The standard InChI is InChI=1S/C13H10F3NO/c1-3-7-17-9-6-4-5-8(2)10(9)11(12(17)18)13(14,15)16/h1,4-6,11H,7H2,2H3. The van der Waals surface area contributed by atoms with Crippen molar-refractivity contribution in [3.63, 3.8) is 0 Å². The van der Waals surface area contributed by atoms with E-state index >= 15 is 0 Å². The molecule has 0 saturated heterocycles. The Hall–Kier alpha value is -1.96. The van der Waals surface area contributed by atoms with Crippen LogP contribution in [0.25, 0.3) is 0 Å². The van der Waals surface area contributed by atoms with Crippen LogP contribution in [0.5, 0.6) is 0 Å². The molecule has 18 heavy (non-hydrogen) atoms. The van der Waals surface area contributed by atoms with Gasteiger partial charge in [-0.15, -0.1) is 6.42 Å². The molecule has 0 aliphatic carbocycles. The van der Waals surface area contributed by atoms with Crippen LogP contribution in [0.15, 0.2) is 18.2 Å². The van der Waals surface area contributed by atoms with Gasteiger partial charge in [-0.3, -0.25) is 9.69 Å². The third-order valence-electron chi connectivity index (χ3n) is 2.97. The molecule has 0 radical (unpaired) electrons. The number of amides is 1. The zero-order chi connectivity index (χ0) is 13.5. The number of carbonyl (C=O) groups is 1. The first kappa shape index (κ1) is 12.5. The van der Waals surface area contributed by atoms with Gasteiger partial charge in [0.2, 0.25) is 5.91 Å². The fourth-order valence-corrected chi connectivity index (χ4v) is 2.23. The van der Waals surface area contributed by atoms with Crippen molar-refractivity contribution in [2.45, 2.75) is 19.0 Å². The van der Waals surface area contributed by atoms with Crippen LogP contribution in [0.2, 0.25) is 0 Å². The summed E-state index contributed by atoms with van der Waals surface area (Å²) in [6.07, 6.45) is 0.499. The van der Waals surface area contributed by atoms with E-state index in [1.807, 2.05) is 0 Å². The second-order valence-electron chi connectivity index (χ2n) is 4.11. The minimum atomic E-state index is -4.60. The van der Waals surface area contributed by atoms with Crippen molar-refractivity contribution in [2.75, 3.05) is 11.4 Å². The van der Waals surface area contributed by atoms with Crippen LogP contribution >= 0.6 is 0 Å². The maximum atomic E-state index is 13.0. The molecule has 1 heterocycles. The van der Waals surface area contributed by atoms with E-state index in [4.69, 9.17) is 6.42 Å². The van der Waals surface area contributed by atoms with E-state index in [0.717, 1.165) is 4.90 Å². The van der Waals surface area contributed by atoms with Crippen molar-refractivity contribution in [3.8, 4) is 12.3 Å². The molecule has 1 aromatic rings. The van der Waals surface area contributed by atoms with Gasteiger partial charge in [0.15, 0.2) is 5.92 Å². The molecule has 1 unspecified atom stereocenters. The Kier molecular flexibility index (Phi) is 2.81. The second-order valence-corrected chi connectivity index (χ2v) is 4.11. The Morgan fingerprint density at radius 3 is 2.67 bits per heavy atom. The number of aryl methyl sites for hydroxylation is 1.